The second-order valence-corrected chi connectivity index (χ2v) is 5.94. The molecule has 1 aliphatic rings. The molecule has 1 fully saturated rings. The lowest BCUT2D eigenvalue weighted by Crippen LogP contribution is -2.37. The van der Waals surface area contributed by atoms with Crippen molar-refractivity contribution in [1.29, 1.82) is 0 Å². The van der Waals surface area contributed by atoms with Gasteiger partial charge in [-0.05, 0) is 49.5 Å². The molecule has 0 bridgehead atoms. The number of nitrogens with zero attached hydrogens (tertiary/aromatic N) is 1. The Hall–Kier alpha value is 0.200. The van der Waals surface area contributed by atoms with E-state index in [0.29, 0.717) is 5.92 Å². The van der Waals surface area contributed by atoms with Crippen LogP contribution in [0.15, 0.2) is 24.3 Å². The average Bonchev–Trinajstić information content (AvgIpc) is 2.30. The minimum atomic E-state index is 0.713. The number of benzene rings is 1. The minimum absolute atomic E-state index is 0.713. The highest BCUT2D eigenvalue weighted by Gasteiger charge is 2.27. The highest BCUT2D eigenvalue weighted by atomic mass is 127. The maximum absolute atomic E-state index is 5.93. The van der Waals surface area contributed by atoms with Gasteiger partial charge in [-0.3, -0.25) is 0 Å². The van der Waals surface area contributed by atoms with Gasteiger partial charge in [-0.2, -0.15) is 0 Å². The van der Waals surface area contributed by atoms with Crippen LogP contribution in [0.4, 0.5) is 0 Å². The summed E-state index contributed by atoms with van der Waals surface area (Å²) in [6, 6.07) is 8.41. The van der Waals surface area contributed by atoms with Gasteiger partial charge in [-0.25, -0.2) is 0 Å². The third-order valence-electron chi connectivity index (χ3n) is 3.43. The van der Waals surface area contributed by atoms with E-state index in [1.807, 2.05) is 12.1 Å². The highest BCUT2D eigenvalue weighted by Crippen LogP contribution is 2.34. The van der Waals surface area contributed by atoms with Crippen molar-refractivity contribution in [2.75, 3.05) is 24.6 Å². The summed E-state index contributed by atoms with van der Waals surface area (Å²) >= 11 is 8.45. The molecule has 0 aromatic heterocycles. The van der Waals surface area contributed by atoms with Crippen LogP contribution in [-0.4, -0.2) is 29.5 Å². The average molecular weight is 350 g/mol. The SMILES string of the molecule is CN1CC[C@H](c2ccc(Cl)cc2)[C@@H](CI)C1. The quantitative estimate of drug-likeness (QED) is 0.580. The molecule has 2 atom stereocenters. The van der Waals surface area contributed by atoms with E-state index in [2.05, 4.69) is 46.7 Å². The zero-order valence-electron chi connectivity index (χ0n) is 9.50. The standard InChI is InChI=1S/C13H17ClIN/c1-16-7-6-13(11(8-15)9-16)10-2-4-12(14)5-3-10/h2-5,11,13H,6-9H2,1H3/t11-,13+/m0/s1. The molecule has 0 aliphatic carbocycles. The molecule has 1 nitrogen and oxygen atoms in total. The smallest absolute Gasteiger partial charge is 0.0406 e. The fourth-order valence-corrected chi connectivity index (χ4v) is 3.54. The molecule has 0 N–H and O–H groups in total. The van der Waals surface area contributed by atoms with Crippen LogP contribution in [0.1, 0.15) is 17.9 Å². The molecule has 1 aromatic rings. The molecule has 2 rings (SSSR count). The first kappa shape index (κ1) is 12.7. The summed E-state index contributed by atoms with van der Waals surface area (Å²) in [5, 5.41) is 0.836. The van der Waals surface area contributed by atoms with Crippen LogP contribution in [0.2, 0.25) is 5.02 Å². The van der Waals surface area contributed by atoms with E-state index < -0.39 is 0 Å². The number of halogens is 2. The van der Waals surface area contributed by atoms with E-state index in [1.54, 1.807) is 0 Å². The third-order valence-corrected chi connectivity index (χ3v) is 4.82. The first-order valence-electron chi connectivity index (χ1n) is 5.70. The third kappa shape index (κ3) is 2.90. The molecule has 16 heavy (non-hydrogen) atoms. The van der Waals surface area contributed by atoms with Crippen molar-refractivity contribution in [3.8, 4) is 0 Å². The predicted octanol–water partition coefficient (Wildman–Crippen LogP) is 3.81. The van der Waals surface area contributed by atoms with Crippen LogP contribution in [0.3, 0.4) is 0 Å². The van der Waals surface area contributed by atoms with E-state index in [-0.39, 0.29) is 0 Å². The second-order valence-electron chi connectivity index (χ2n) is 4.62. The van der Waals surface area contributed by atoms with Gasteiger partial charge in [0.1, 0.15) is 0 Å². The number of piperidine rings is 1. The molecular formula is C13H17ClIN. The zero-order valence-corrected chi connectivity index (χ0v) is 12.4. The van der Waals surface area contributed by atoms with Gasteiger partial charge in [0.05, 0.1) is 0 Å². The van der Waals surface area contributed by atoms with Gasteiger partial charge in [0, 0.05) is 16.0 Å². The molecule has 0 spiro atoms. The molecule has 0 amide bonds. The van der Waals surface area contributed by atoms with Crippen molar-refractivity contribution >= 4 is 34.2 Å². The number of alkyl halides is 1. The van der Waals surface area contributed by atoms with Gasteiger partial charge >= 0.3 is 0 Å². The van der Waals surface area contributed by atoms with E-state index in [0.717, 1.165) is 10.9 Å². The molecule has 1 aliphatic heterocycles. The van der Waals surface area contributed by atoms with E-state index >= 15 is 0 Å². The molecule has 88 valence electrons. The minimum Gasteiger partial charge on any atom is -0.306 e. The summed E-state index contributed by atoms with van der Waals surface area (Å²) < 4.78 is 1.23. The van der Waals surface area contributed by atoms with Crippen LogP contribution in [0, 0.1) is 5.92 Å². The van der Waals surface area contributed by atoms with E-state index in [4.69, 9.17) is 11.6 Å². The fourth-order valence-electron chi connectivity index (χ4n) is 2.52. The van der Waals surface area contributed by atoms with E-state index in [9.17, 15) is 0 Å². The number of hydrogen-bond acceptors (Lipinski definition) is 1. The summed E-state index contributed by atoms with van der Waals surface area (Å²) in [6.45, 7) is 2.43. The molecule has 0 radical (unpaired) electrons. The lowest BCUT2D eigenvalue weighted by atomic mass is 9.82. The summed E-state index contributed by atoms with van der Waals surface area (Å²) in [4.78, 5) is 2.44. The monoisotopic (exact) mass is 349 g/mol. The van der Waals surface area contributed by atoms with Crippen LogP contribution in [0.5, 0.6) is 0 Å². The van der Waals surface area contributed by atoms with Gasteiger partial charge in [0.15, 0.2) is 0 Å². The van der Waals surface area contributed by atoms with Crippen molar-refractivity contribution in [3.63, 3.8) is 0 Å². The van der Waals surface area contributed by atoms with Crippen molar-refractivity contribution in [1.82, 2.24) is 4.90 Å². The molecule has 3 heteroatoms. The van der Waals surface area contributed by atoms with Crippen LogP contribution in [0.25, 0.3) is 0 Å². The van der Waals surface area contributed by atoms with Crippen molar-refractivity contribution < 1.29 is 0 Å². The second kappa shape index (κ2) is 5.69. The Morgan fingerprint density at radius 3 is 2.69 bits per heavy atom. The van der Waals surface area contributed by atoms with E-state index in [1.165, 1.54) is 29.5 Å². The van der Waals surface area contributed by atoms with Crippen molar-refractivity contribution in [2.45, 2.75) is 12.3 Å². The number of rotatable bonds is 2. The Bertz CT molecular complexity index is 338. The Kier molecular flexibility index (Phi) is 4.50. The van der Waals surface area contributed by atoms with Crippen molar-refractivity contribution in [3.05, 3.63) is 34.9 Å². The van der Waals surface area contributed by atoms with Gasteiger partial charge in [0.2, 0.25) is 0 Å². The molecule has 1 heterocycles. The maximum Gasteiger partial charge on any atom is 0.0406 e. The lowest BCUT2D eigenvalue weighted by molar-refractivity contribution is 0.200. The van der Waals surface area contributed by atoms with Gasteiger partial charge < -0.3 is 4.90 Å². The van der Waals surface area contributed by atoms with Crippen LogP contribution < -0.4 is 0 Å². The molecule has 1 saturated heterocycles. The summed E-state index contributed by atoms with van der Waals surface area (Å²) in [7, 11) is 2.22. The molecule has 0 unspecified atom stereocenters. The Morgan fingerprint density at radius 1 is 1.38 bits per heavy atom. The highest BCUT2D eigenvalue weighted by molar-refractivity contribution is 14.1. The number of likely N-dealkylation sites (tertiary alicyclic amines) is 1. The summed E-state index contributed by atoms with van der Waals surface area (Å²) in [6.07, 6.45) is 1.27. The van der Waals surface area contributed by atoms with Gasteiger partial charge in [-0.15, -0.1) is 0 Å². The number of hydrogen-bond donors (Lipinski definition) is 0. The van der Waals surface area contributed by atoms with Crippen molar-refractivity contribution in [2.24, 2.45) is 5.92 Å². The zero-order chi connectivity index (χ0) is 11.5. The Morgan fingerprint density at radius 2 is 2.06 bits per heavy atom. The molecule has 1 aromatic carbocycles. The largest absolute Gasteiger partial charge is 0.306 e. The predicted molar refractivity (Wildman–Crippen MR) is 78.7 cm³/mol. The Balaban J connectivity index is 2.15. The summed E-state index contributed by atoms with van der Waals surface area (Å²) in [5.74, 6) is 1.49. The first-order chi connectivity index (χ1) is 7.70. The summed E-state index contributed by atoms with van der Waals surface area (Å²) in [5.41, 5.74) is 1.46. The normalized spacial score (nSPS) is 26.9. The van der Waals surface area contributed by atoms with Crippen LogP contribution in [-0.2, 0) is 0 Å². The lowest BCUT2D eigenvalue weighted by Gasteiger charge is -2.36. The fraction of sp³-hybridized carbons (Fsp3) is 0.538. The topological polar surface area (TPSA) is 3.24 Å². The molecule has 0 saturated carbocycles. The van der Waals surface area contributed by atoms with Crippen LogP contribution >= 0.6 is 34.2 Å². The van der Waals surface area contributed by atoms with Gasteiger partial charge in [-0.1, -0.05) is 46.3 Å². The van der Waals surface area contributed by atoms with Gasteiger partial charge in [0.25, 0.3) is 0 Å². The Labute approximate surface area is 116 Å². The first-order valence-corrected chi connectivity index (χ1v) is 7.61. The molecular weight excluding hydrogens is 333 g/mol. The maximum atomic E-state index is 5.93.